The Morgan fingerprint density at radius 1 is 1.05 bits per heavy atom. The van der Waals surface area contributed by atoms with E-state index in [2.05, 4.69) is 10.2 Å². The Bertz CT molecular complexity index is 590. The average Bonchev–Trinajstić information content (AvgIpc) is 2.58. The van der Waals surface area contributed by atoms with Crippen molar-refractivity contribution in [3.63, 3.8) is 0 Å². The van der Waals surface area contributed by atoms with Gasteiger partial charge in [0.2, 0.25) is 0 Å². The summed E-state index contributed by atoms with van der Waals surface area (Å²) in [5.74, 6) is 0. The third-order valence-electron chi connectivity index (χ3n) is 2.75. The molecule has 0 saturated heterocycles. The normalized spacial score (nSPS) is 11.9. The summed E-state index contributed by atoms with van der Waals surface area (Å²) in [5.41, 5.74) is 1.44. The third kappa shape index (κ3) is 2.58. The molecule has 0 fully saturated rings. The summed E-state index contributed by atoms with van der Waals surface area (Å²) in [6.07, 6.45) is -4.48. The van der Waals surface area contributed by atoms with E-state index in [0.717, 1.165) is 12.1 Å². The van der Waals surface area contributed by atoms with Gasteiger partial charge in [0, 0.05) is 16.8 Å². The number of alkyl halides is 3. The lowest BCUT2D eigenvalue weighted by molar-refractivity contribution is -0.137. The Kier molecular flexibility index (Phi) is 3.53. The van der Waals surface area contributed by atoms with Crippen molar-refractivity contribution < 1.29 is 13.2 Å². The van der Waals surface area contributed by atoms with E-state index in [9.17, 15) is 13.2 Å². The van der Waals surface area contributed by atoms with Crippen molar-refractivity contribution in [3.8, 4) is 11.1 Å². The first-order valence-electron chi connectivity index (χ1n) is 5.30. The summed E-state index contributed by atoms with van der Waals surface area (Å²) < 4.78 is 37.9. The molecule has 0 aliphatic heterocycles. The van der Waals surface area contributed by atoms with Gasteiger partial charge in [-0.1, -0.05) is 23.2 Å². The van der Waals surface area contributed by atoms with Gasteiger partial charge >= 0.3 is 6.18 Å². The van der Waals surface area contributed by atoms with Gasteiger partial charge in [-0.25, -0.2) is 0 Å². The van der Waals surface area contributed by atoms with Gasteiger partial charge in [0.15, 0.2) is 0 Å². The molecule has 1 heterocycles. The van der Waals surface area contributed by atoms with Crippen molar-refractivity contribution in [1.82, 2.24) is 10.2 Å². The van der Waals surface area contributed by atoms with Crippen molar-refractivity contribution in [2.45, 2.75) is 20.0 Å². The second-order valence-electron chi connectivity index (χ2n) is 4.12. The zero-order chi connectivity index (χ0) is 14.4. The maximum absolute atomic E-state index is 12.6. The van der Waals surface area contributed by atoms with Crippen LogP contribution in [0.3, 0.4) is 0 Å². The average molecular weight is 309 g/mol. The van der Waals surface area contributed by atoms with E-state index in [1.807, 2.05) is 0 Å². The standard InChI is InChI=1S/C12H9Cl2F3N2/c1-5-10(6(2)19-18-5)11-8(13)3-7(4-9(11)14)12(15,16)17/h3-4H,1-2H3,(H,18,19). The van der Waals surface area contributed by atoms with Crippen LogP contribution in [-0.4, -0.2) is 10.2 Å². The second kappa shape index (κ2) is 4.72. The molecule has 0 amide bonds. The van der Waals surface area contributed by atoms with Gasteiger partial charge in [-0.15, -0.1) is 0 Å². The zero-order valence-electron chi connectivity index (χ0n) is 9.99. The Morgan fingerprint density at radius 2 is 1.58 bits per heavy atom. The number of aromatic nitrogens is 2. The zero-order valence-corrected chi connectivity index (χ0v) is 11.5. The quantitative estimate of drug-likeness (QED) is 0.787. The predicted molar refractivity (Wildman–Crippen MR) is 68.5 cm³/mol. The van der Waals surface area contributed by atoms with Gasteiger partial charge in [0.25, 0.3) is 0 Å². The fraction of sp³-hybridized carbons (Fsp3) is 0.250. The third-order valence-corrected chi connectivity index (χ3v) is 3.34. The minimum Gasteiger partial charge on any atom is -0.282 e. The minimum absolute atomic E-state index is 0.0487. The van der Waals surface area contributed by atoms with Crippen LogP contribution in [0.25, 0.3) is 11.1 Å². The topological polar surface area (TPSA) is 28.7 Å². The van der Waals surface area contributed by atoms with Crippen LogP contribution in [0.5, 0.6) is 0 Å². The lowest BCUT2D eigenvalue weighted by Crippen LogP contribution is -2.05. The summed E-state index contributed by atoms with van der Waals surface area (Å²) in [7, 11) is 0. The number of aryl methyl sites for hydroxylation is 2. The molecule has 1 aromatic carbocycles. The molecule has 19 heavy (non-hydrogen) atoms. The number of H-pyrrole nitrogens is 1. The molecule has 1 aromatic heterocycles. The van der Waals surface area contributed by atoms with Crippen LogP contribution in [0.1, 0.15) is 17.0 Å². The minimum atomic E-state index is -4.48. The first kappa shape index (κ1) is 14.2. The van der Waals surface area contributed by atoms with Crippen LogP contribution in [-0.2, 0) is 6.18 Å². The first-order valence-corrected chi connectivity index (χ1v) is 6.05. The Hall–Kier alpha value is -1.20. The molecule has 0 atom stereocenters. The largest absolute Gasteiger partial charge is 0.416 e. The fourth-order valence-electron chi connectivity index (χ4n) is 1.89. The van der Waals surface area contributed by atoms with E-state index in [1.54, 1.807) is 13.8 Å². The summed E-state index contributed by atoms with van der Waals surface area (Å²) in [4.78, 5) is 0. The molecular formula is C12H9Cl2F3N2. The summed E-state index contributed by atoms with van der Waals surface area (Å²) in [6, 6.07) is 1.74. The van der Waals surface area contributed by atoms with Crippen molar-refractivity contribution in [1.29, 1.82) is 0 Å². The van der Waals surface area contributed by atoms with E-state index < -0.39 is 11.7 Å². The Balaban J connectivity index is 2.68. The number of hydrogen-bond donors (Lipinski definition) is 1. The molecule has 0 bridgehead atoms. The highest BCUT2D eigenvalue weighted by molar-refractivity contribution is 6.39. The van der Waals surface area contributed by atoms with Crippen molar-refractivity contribution in [2.75, 3.05) is 0 Å². The van der Waals surface area contributed by atoms with Crippen molar-refractivity contribution >= 4 is 23.2 Å². The number of nitrogens with zero attached hydrogens (tertiary/aromatic N) is 1. The molecular weight excluding hydrogens is 300 g/mol. The molecule has 0 saturated carbocycles. The molecule has 0 spiro atoms. The molecule has 7 heteroatoms. The smallest absolute Gasteiger partial charge is 0.282 e. The lowest BCUT2D eigenvalue weighted by Gasteiger charge is -2.12. The highest BCUT2D eigenvalue weighted by Crippen LogP contribution is 2.41. The number of nitrogens with one attached hydrogen (secondary N) is 1. The van der Waals surface area contributed by atoms with E-state index in [1.165, 1.54) is 0 Å². The van der Waals surface area contributed by atoms with Gasteiger partial charge in [0.1, 0.15) is 0 Å². The van der Waals surface area contributed by atoms with Gasteiger partial charge in [-0.05, 0) is 26.0 Å². The molecule has 0 aliphatic rings. The number of benzene rings is 1. The summed E-state index contributed by atoms with van der Waals surface area (Å²) in [6.45, 7) is 3.48. The number of hydrogen-bond acceptors (Lipinski definition) is 1. The SMILES string of the molecule is Cc1n[nH]c(C)c1-c1c(Cl)cc(C(F)(F)F)cc1Cl. The molecule has 0 unspecified atom stereocenters. The maximum Gasteiger partial charge on any atom is 0.416 e. The van der Waals surface area contributed by atoms with Crippen molar-refractivity contribution in [3.05, 3.63) is 39.1 Å². The van der Waals surface area contributed by atoms with Crippen LogP contribution >= 0.6 is 23.2 Å². The Morgan fingerprint density at radius 3 is 1.95 bits per heavy atom. The van der Waals surface area contributed by atoms with E-state index in [4.69, 9.17) is 23.2 Å². The highest BCUT2D eigenvalue weighted by Gasteiger charge is 2.32. The highest BCUT2D eigenvalue weighted by atomic mass is 35.5. The molecule has 102 valence electrons. The van der Waals surface area contributed by atoms with E-state index in [0.29, 0.717) is 22.5 Å². The number of aromatic amines is 1. The molecule has 0 radical (unpaired) electrons. The summed E-state index contributed by atoms with van der Waals surface area (Å²) >= 11 is 11.9. The molecule has 2 rings (SSSR count). The summed E-state index contributed by atoms with van der Waals surface area (Å²) in [5, 5.41) is 6.63. The van der Waals surface area contributed by atoms with Crippen LogP contribution < -0.4 is 0 Å². The number of rotatable bonds is 1. The number of halogens is 5. The van der Waals surface area contributed by atoms with Gasteiger partial charge in [0.05, 0.1) is 21.3 Å². The predicted octanol–water partition coefficient (Wildman–Crippen LogP) is 5.02. The molecule has 2 aromatic rings. The second-order valence-corrected chi connectivity index (χ2v) is 4.94. The maximum atomic E-state index is 12.6. The van der Waals surface area contributed by atoms with Crippen LogP contribution in [0, 0.1) is 13.8 Å². The van der Waals surface area contributed by atoms with Crippen LogP contribution in [0.2, 0.25) is 10.0 Å². The van der Waals surface area contributed by atoms with Crippen LogP contribution in [0.4, 0.5) is 13.2 Å². The monoisotopic (exact) mass is 308 g/mol. The van der Waals surface area contributed by atoms with Crippen molar-refractivity contribution in [2.24, 2.45) is 0 Å². The van der Waals surface area contributed by atoms with E-state index >= 15 is 0 Å². The molecule has 1 N–H and O–H groups in total. The van der Waals surface area contributed by atoms with Gasteiger partial charge in [-0.2, -0.15) is 18.3 Å². The van der Waals surface area contributed by atoms with E-state index in [-0.39, 0.29) is 10.0 Å². The molecule has 0 aliphatic carbocycles. The lowest BCUT2D eigenvalue weighted by atomic mass is 10.0. The first-order chi connectivity index (χ1) is 8.71. The fourth-order valence-corrected chi connectivity index (χ4v) is 2.57. The van der Waals surface area contributed by atoms with Crippen LogP contribution in [0.15, 0.2) is 12.1 Å². The molecule has 2 nitrogen and oxygen atoms in total. The van der Waals surface area contributed by atoms with Gasteiger partial charge < -0.3 is 0 Å². The Labute approximate surface area is 117 Å². The van der Waals surface area contributed by atoms with Gasteiger partial charge in [-0.3, -0.25) is 5.10 Å².